The van der Waals surface area contributed by atoms with Crippen LogP contribution >= 0.6 is 7.60 Å². The molecular formula is C18H31N2O7P. The van der Waals surface area contributed by atoms with Crippen LogP contribution in [0.4, 0.5) is 4.79 Å². The second kappa shape index (κ2) is 7.69. The summed E-state index contributed by atoms with van der Waals surface area (Å²) >= 11 is 0. The zero-order valence-electron chi connectivity index (χ0n) is 17.3. The van der Waals surface area contributed by atoms with Crippen LogP contribution in [0.5, 0.6) is 0 Å². The Bertz CT molecular complexity index is 667. The first kappa shape index (κ1) is 21.7. The molecule has 160 valence electrons. The number of imide groups is 1. The molecule has 0 aromatic rings. The average Bonchev–Trinajstić information content (AvgIpc) is 3.51. The fraction of sp³-hybridized carbons (Fsp3) is 0.889. The van der Waals surface area contributed by atoms with Crippen LogP contribution in [0.25, 0.3) is 0 Å². The summed E-state index contributed by atoms with van der Waals surface area (Å²) in [5, 5.41) is -0.974. The lowest BCUT2D eigenvalue weighted by molar-refractivity contribution is -0.133. The molecule has 3 aliphatic rings. The van der Waals surface area contributed by atoms with Crippen LogP contribution < -0.4 is 0 Å². The molecule has 3 aliphatic heterocycles. The topological polar surface area (TPSA) is 101 Å². The third kappa shape index (κ3) is 4.00. The Kier molecular flexibility index (Phi) is 5.96. The highest BCUT2D eigenvalue weighted by molar-refractivity contribution is 7.55. The Hall–Kier alpha value is -0.990. The van der Waals surface area contributed by atoms with Gasteiger partial charge in [-0.3, -0.25) is 14.3 Å². The third-order valence-corrected chi connectivity index (χ3v) is 8.29. The maximum Gasteiger partial charge on any atom is 0.336 e. The molecule has 10 heteroatoms. The molecule has 28 heavy (non-hydrogen) atoms. The van der Waals surface area contributed by atoms with E-state index in [1.165, 1.54) is 4.90 Å². The highest BCUT2D eigenvalue weighted by Crippen LogP contribution is 2.63. The molecule has 3 heterocycles. The van der Waals surface area contributed by atoms with Crippen LogP contribution in [-0.2, 0) is 27.9 Å². The van der Waals surface area contributed by atoms with Crippen molar-refractivity contribution in [2.45, 2.75) is 63.9 Å². The number of nitrogens with zero attached hydrogens (tertiary/aromatic N) is 2. The Balaban J connectivity index is 1.89. The summed E-state index contributed by atoms with van der Waals surface area (Å²) in [5.41, 5.74) is -1.16. The van der Waals surface area contributed by atoms with Crippen molar-refractivity contribution in [3.8, 4) is 0 Å². The second-order valence-electron chi connectivity index (χ2n) is 8.32. The quantitative estimate of drug-likeness (QED) is 0.288. The molecule has 0 aromatic heterocycles. The first-order valence-corrected chi connectivity index (χ1v) is 11.4. The molecule has 0 spiro atoms. The van der Waals surface area contributed by atoms with Gasteiger partial charge in [-0.1, -0.05) is 0 Å². The highest BCUT2D eigenvalue weighted by Gasteiger charge is 2.60. The molecule has 3 rings (SSSR count). The minimum absolute atomic E-state index is 0.0677. The zero-order chi connectivity index (χ0) is 20.7. The number of urea groups is 1. The van der Waals surface area contributed by atoms with E-state index in [1.54, 1.807) is 39.5 Å². The van der Waals surface area contributed by atoms with Crippen LogP contribution in [0.3, 0.4) is 0 Å². The van der Waals surface area contributed by atoms with Gasteiger partial charge in [0.2, 0.25) is 0 Å². The first-order valence-electron chi connectivity index (χ1n) is 9.84. The summed E-state index contributed by atoms with van der Waals surface area (Å²) in [5.74, 6) is -0.304. The predicted octanol–water partition coefficient (Wildman–Crippen LogP) is 2.24. The number of amides is 3. The SMILES string of the molecule is CCOP(=O)(OCC)C(C)(C)CC1(C)C(=O)N(CC2CO2)C(=O)N1CC1CO1. The molecule has 9 nitrogen and oxygen atoms in total. The van der Waals surface area contributed by atoms with Crippen molar-refractivity contribution in [3.63, 3.8) is 0 Å². The van der Waals surface area contributed by atoms with Gasteiger partial charge in [-0.05, 0) is 41.0 Å². The molecule has 0 aliphatic carbocycles. The van der Waals surface area contributed by atoms with Crippen molar-refractivity contribution >= 4 is 19.5 Å². The molecule has 0 aromatic carbocycles. The van der Waals surface area contributed by atoms with Gasteiger partial charge in [0.05, 0.1) is 56.9 Å². The van der Waals surface area contributed by atoms with Crippen LogP contribution in [0.1, 0.15) is 41.0 Å². The van der Waals surface area contributed by atoms with Crippen LogP contribution in [0.15, 0.2) is 0 Å². The van der Waals surface area contributed by atoms with Gasteiger partial charge in [0.15, 0.2) is 0 Å². The molecule has 0 radical (unpaired) electrons. The number of hydrogen-bond acceptors (Lipinski definition) is 7. The number of rotatable bonds is 11. The lowest BCUT2D eigenvalue weighted by atomic mass is 9.88. The van der Waals surface area contributed by atoms with E-state index in [1.807, 2.05) is 0 Å². The normalized spacial score (nSPS) is 30.3. The standard InChI is InChI=1S/C18H31N2O7P/c1-6-26-28(23,27-7-2)17(3,4)12-18(5)15(21)19(8-13-10-24-13)16(22)20(18)9-14-11-25-14/h13-14H,6-12H2,1-5H3. The van der Waals surface area contributed by atoms with Crippen LogP contribution in [0.2, 0.25) is 0 Å². The van der Waals surface area contributed by atoms with Gasteiger partial charge in [-0.2, -0.15) is 0 Å². The lowest BCUT2D eigenvalue weighted by Gasteiger charge is -2.40. The van der Waals surface area contributed by atoms with E-state index >= 15 is 0 Å². The van der Waals surface area contributed by atoms with Gasteiger partial charge >= 0.3 is 13.6 Å². The molecule has 3 amide bonds. The van der Waals surface area contributed by atoms with Crippen molar-refractivity contribution in [3.05, 3.63) is 0 Å². The molecule has 0 bridgehead atoms. The third-order valence-electron chi connectivity index (χ3n) is 5.46. The van der Waals surface area contributed by atoms with E-state index in [2.05, 4.69) is 0 Å². The van der Waals surface area contributed by atoms with Crippen LogP contribution in [-0.4, -0.2) is 84.2 Å². The van der Waals surface area contributed by atoms with Gasteiger partial charge in [0.1, 0.15) is 5.54 Å². The number of epoxide rings is 2. The minimum atomic E-state index is -3.51. The summed E-state index contributed by atoms with van der Waals surface area (Å²) in [6, 6.07) is -0.350. The monoisotopic (exact) mass is 418 g/mol. The number of carbonyl (C=O) groups excluding carboxylic acids is 2. The summed E-state index contributed by atoms with van der Waals surface area (Å²) in [4.78, 5) is 29.2. The van der Waals surface area contributed by atoms with Gasteiger partial charge in [-0.25, -0.2) is 4.79 Å². The summed E-state index contributed by atoms with van der Waals surface area (Å²) < 4.78 is 35.0. The molecule has 0 N–H and O–H groups in total. The van der Waals surface area contributed by atoms with Gasteiger partial charge in [0, 0.05) is 0 Å². The lowest BCUT2D eigenvalue weighted by Crippen LogP contribution is -2.52. The molecule has 3 unspecified atom stereocenters. The molecule has 0 saturated carbocycles. The largest absolute Gasteiger partial charge is 0.371 e. The number of hydrogen-bond donors (Lipinski definition) is 0. The highest BCUT2D eigenvalue weighted by atomic mass is 31.2. The fourth-order valence-electron chi connectivity index (χ4n) is 3.88. The minimum Gasteiger partial charge on any atom is -0.371 e. The maximum absolute atomic E-state index is 13.4. The molecule has 3 atom stereocenters. The zero-order valence-corrected chi connectivity index (χ0v) is 18.2. The Morgan fingerprint density at radius 1 is 1.11 bits per heavy atom. The summed E-state index contributed by atoms with van der Waals surface area (Å²) in [6.45, 7) is 10.9. The van der Waals surface area contributed by atoms with Gasteiger partial charge in [0.25, 0.3) is 5.91 Å². The van der Waals surface area contributed by atoms with E-state index < -0.39 is 18.3 Å². The first-order chi connectivity index (χ1) is 13.1. The second-order valence-corrected chi connectivity index (χ2v) is 11.0. The summed E-state index contributed by atoms with van der Waals surface area (Å²) in [7, 11) is -3.51. The Morgan fingerprint density at radius 3 is 2.07 bits per heavy atom. The molecular weight excluding hydrogens is 387 g/mol. The van der Waals surface area contributed by atoms with Crippen molar-refractivity contribution in [2.75, 3.05) is 39.5 Å². The van der Waals surface area contributed by atoms with E-state index in [0.29, 0.717) is 19.8 Å². The molecule has 3 saturated heterocycles. The van der Waals surface area contributed by atoms with Crippen molar-refractivity contribution in [1.82, 2.24) is 9.80 Å². The van der Waals surface area contributed by atoms with Gasteiger partial charge < -0.3 is 23.4 Å². The molecule has 3 fully saturated rings. The van der Waals surface area contributed by atoms with Crippen LogP contribution in [0, 0.1) is 0 Å². The Morgan fingerprint density at radius 2 is 1.61 bits per heavy atom. The van der Waals surface area contributed by atoms with Gasteiger partial charge in [-0.15, -0.1) is 0 Å². The van der Waals surface area contributed by atoms with Crippen molar-refractivity contribution in [1.29, 1.82) is 0 Å². The summed E-state index contributed by atoms with van der Waals surface area (Å²) in [6.07, 6.45) is -0.0153. The smallest absolute Gasteiger partial charge is 0.336 e. The van der Waals surface area contributed by atoms with E-state index in [0.717, 1.165) is 0 Å². The van der Waals surface area contributed by atoms with E-state index in [-0.39, 0.29) is 50.3 Å². The predicted molar refractivity (Wildman–Crippen MR) is 101 cm³/mol. The number of ether oxygens (including phenoxy) is 2. The average molecular weight is 418 g/mol. The number of carbonyl (C=O) groups is 2. The Labute approximate surface area is 166 Å². The van der Waals surface area contributed by atoms with E-state index in [9.17, 15) is 14.2 Å². The maximum atomic E-state index is 13.4. The van der Waals surface area contributed by atoms with Crippen molar-refractivity contribution < 1.29 is 32.7 Å². The fourth-order valence-corrected chi connectivity index (χ4v) is 5.84. The van der Waals surface area contributed by atoms with E-state index in [4.69, 9.17) is 18.5 Å². The van der Waals surface area contributed by atoms with Crippen molar-refractivity contribution in [2.24, 2.45) is 0 Å².